The van der Waals surface area contributed by atoms with Crippen molar-refractivity contribution in [3.8, 4) is 0 Å². The van der Waals surface area contributed by atoms with Gasteiger partial charge in [-0.25, -0.2) is 4.68 Å². The second kappa shape index (κ2) is 3.35. The number of nitrogens with zero attached hydrogens (tertiary/aromatic N) is 2. The third kappa shape index (κ3) is 1.82. The highest BCUT2D eigenvalue weighted by atomic mass is 32.1. The SMILES string of the molecule is COC(=O)Cn1nc(N)sc1=O. The standard InChI is InChI=1S/C5H7N3O3S/c1-11-3(9)2-8-5(10)12-4(6)7-8/h2H2,1H3,(H2,6,7). The maximum absolute atomic E-state index is 10.9. The maximum Gasteiger partial charge on any atom is 0.327 e. The summed E-state index contributed by atoms with van der Waals surface area (Å²) in [5.41, 5.74) is 5.23. The number of esters is 1. The molecule has 0 aromatic carbocycles. The molecule has 0 saturated carbocycles. The first-order chi connectivity index (χ1) is 5.63. The predicted octanol–water partition coefficient (Wildman–Crippen LogP) is -0.940. The largest absolute Gasteiger partial charge is 0.468 e. The fourth-order valence-electron chi connectivity index (χ4n) is 0.609. The van der Waals surface area contributed by atoms with Crippen LogP contribution in [0, 0.1) is 0 Å². The number of nitrogens with two attached hydrogens (primary N) is 1. The highest BCUT2D eigenvalue weighted by Crippen LogP contribution is 1.98. The monoisotopic (exact) mass is 189 g/mol. The van der Waals surface area contributed by atoms with E-state index in [1.54, 1.807) is 0 Å². The molecule has 6 nitrogen and oxygen atoms in total. The lowest BCUT2D eigenvalue weighted by Crippen LogP contribution is -2.21. The van der Waals surface area contributed by atoms with Crippen LogP contribution in [0.25, 0.3) is 0 Å². The number of hydrogen-bond donors (Lipinski definition) is 1. The normalized spacial score (nSPS) is 9.75. The van der Waals surface area contributed by atoms with Crippen LogP contribution >= 0.6 is 11.3 Å². The van der Waals surface area contributed by atoms with Crippen molar-refractivity contribution in [3.05, 3.63) is 9.67 Å². The van der Waals surface area contributed by atoms with Gasteiger partial charge in [-0.15, -0.1) is 5.10 Å². The lowest BCUT2D eigenvalue weighted by molar-refractivity contribution is -0.141. The summed E-state index contributed by atoms with van der Waals surface area (Å²) in [4.78, 5) is 21.2. The lowest BCUT2D eigenvalue weighted by atomic mass is 10.7. The van der Waals surface area contributed by atoms with Gasteiger partial charge in [0.25, 0.3) is 0 Å². The fourth-order valence-corrected chi connectivity index (χ4v) is 1.14. The van der Waals surface area contributed by atoms with Crippen molar-refractivity contribution in [2.75, 3.05) is 12.8 Å². The molecule has 1 aromatic rings. The molecular weight excluding hydrogens is 182 g/mol. The molecule has 0 fully saturated rings. The average molecular weight is 189 g/mol. The Kier molecular flexibility index (Phi) is 2.44. The van der Waals surface area contributed by atoms with E-state index in [9.17, 15) is 9.59 Å². The third-order valence-corrected chi connectivity index (χ3v) is 1.80. The zero-order valence-electron chi connectivity index (χ0n) is 6.31. The molecule has 0 amide bonds. The smallest absolute Gasteiger partial charge is 0.327 e. The van der Waals surface area contributed by atoms with E-state index < -0.39 is 5.97 Å². The van der Waals surface area contributed by atoms with Crippen LogP contribution in [-0.2, 0) is 16.1 Å². The van der Waals surface area contributed by atoms with Crippen molar-refractivity contribution in [1.29, 1.82) is 0 Å². The van der Waals surface area contributed by atoms with Gasteiger partial charge in [-0.1, -0.05) is 0 Å². The van der Waals surface area contributed by atoms with Gasteiger partial charge < -0.3 is 10.5 Å². The van der Waals surface area contributed by atoms with Crippen molar-refractivity contribution < 1.29 is 9.53 Å². The quantitative estimate of drug-likeness (QED) is 0.607. The van der Waals surface area contributed by atoms with Crippen molar-refractivity contribution >= 4 is 22.4 Å². The Morgan fingerprint density at radius 1 is 1.83 bits per heavy atom. The van der Waals surface area contributed by atoms with Crippen molar-refractivity contribution in [1.82, 2.24) is 9.78 Å². The molecule has 0 aliphatic rings. The number of methoxy groups -OCH3 is 1. The van der Waals surface area contributed by atoms with E-state index >= 15 is 0 Å². The first-order valence-corrected chi connectivity index (χ1v) is 3.85. The summed E-state index contributed by atoms with van der Waals surface area (Å²) in [5.74, 6) is -0.526. The van der Waals surface area contributed by atoms with Crippen LogP contribution in [0.4, 0.5) is 5.13 Å². The van der Waals surface area contributed by atoms with E-state index in [4.69, 9.17) is 5.73 Å². The molecule has 0 atom stereocenters. The van der Waals surface area contributed by atoms with Crippen LogP contribution in [0.1, 0.15) is 0 Å². The van der Waals surface area contributed by atoms with Gasteiger partial charge in [0.1, 0.15) is 6.54 Å². The van der Waals surface area contributed by atoms with Gasteiger partial charge in [-0.2, -0.15) is 0 Å². The molecule has 0 spiro atoms. The molecule has 0 radical (unpaired) electrons. The summed E-state index contributed by atoms with van der Waals surface area (Å²) in [6, 6.07) is 0. The molecule has 0 aliphatic heterocycles. The Labute approximate surface area is 71.6 Å². The average Bonchev–Trinajstić information content (AvgIpc) is 2.30. The van der Waals surface area contributed by atoms with Crippen LogP contribution in [0.3, 0.4) is 0 Å². The number of anilines is 1. The number of ether oxygens (including phenoxy) is 1. The molecule has 7 heteroatoms. The first kappa shape index (κ1) is 8.72. The summed E-state index contributed by atoms with van der Waals surface area (Å²) in [5, 5.41) is 3.74. The van der Waals surface area contributed by atoms with Gasteiger partial charge in [0.2, 0.25) is 5.13 Å². The van der Waals surface area contributed by atoms with E-state index in [2.05, 4.69) is 9.84 Å². The Morgan fingerprint density at radius 3 is 2.92 bits per heavy atom. The highest BCUT2D eigenvalue weighted by molar-refractivity contribution is 7.12. The van der Waals surface area contributed by atoms with Crippen LogP contribution in [-0.4, -0.2) is 22.9 Å². The van der Waals surface area contributed by atoms with Gasteiger partial charge in [-0.3, -0.25) is 9.59 Å². The zero-order chi connectivity index (χ0) is 9.14. The Morgan fingerprint density at radius 2 is 2.50 bits per heavy atom. The summed E-state index contributed by atoms with van der Waals surface area (Å²) in [6.07, 6.45) is 0. The number of carbonyl (C=O) groups is 1. The molecule has 2 N–H and O–H groups in total. The molecule has 0 unspecified atom stereocenters. The summed E-state index contributed by atoms with van der Waals surface area (Å²) < 4.78 is 5.31. The molecule has 0 aliphatic carbocycles. The zero-order valence-corrected chi connectivity index (χ0v) is 7.13. The minimum atomic E-state index is -0.526. The second-order valence-electron chi connectivity index (χ2n) is 1.94. The van der Waals surface area contributed by atoms with Gasteiger partial charge >= 0.3 is 10.8 Å². The van der Waals surface area contributed by atoms with Crippen molar-refractivity contribution in [2.45, 2.75) is 6.54 Å². The third-order valence-electron chi connectivity index (χ3n) is 1.13. The Balaban J connectivity index is 2.82. The van der Waals surface area contributed by atoms with Crippen molar-refractivity contribution in [2.24, 2.45) is 0 Å². The molecule has 0 saturated heterocycles. The Bertz CT molecular complexity index is 342. The van der Waals surface area contributed by atoms with E-state index in [0.717, 1.165) is 16.0 Å². The van der Waals surface area contributed by atoms with E-state index in [1.807, 2.05) is 0 Å². The molecule has 1 heterocycles. The minimum Gasteiger partial charge on any atom is -0.468 e. The fraction of sp³-hybridized carbons (Fsp3) is 0.400. The molecule has 0 bridgehead atoms. The lowest BCUT2D eigenvalue weighted by Gasteiger charge is -1.95. The van der Waals surface area contributed by atoms with Crippen LogP contribution < -0.4 is 10.6 Å². The maximum atomic E-state index is 10.9. The number of rotatable bonds is 2. The minimum absolute atomic E-state index is 0.143. The molecular formula is C5H7N3O3S. The number of hydrogen-bond acceptors (Lipinski definition) is 6. The summed E-state index contributed by atoms with van der Waals surface area (Å²) in [6.45, 7) is -0.191. The topological polar surface area (TPSA) is 87.2 Å². The van der Waals surface area contributed by atoms with E-state index in [1.165, 1.54) is 7.11 Å². The summed E-state index contributed by atoms with van der Waals surface area (Å²) >= 11 is 0.788. The molecule has 12 heavy (non-hydrogen) atoms. The van der Waals surface area contributed by atoms with Gasteiger partial charge in [0.05, 0.1) is 7.11 Å². The van der Waals surface area contributed by atoms with Gasteiger partial charge in [0.15, 0.2) is 0 Å². The molecule has 1 rings (SSSR count). The van der Waals surface area contributed by atoms with Crippen molar-refractivity contribution in [3.63, 3.8) is 0 Å². The highest BCUT2D eigenvalue weighted by Gasteiger charge is 2.07. The predicted molar refractivity (Wildman–Crippen MR) is 42.8 cm³/mol. The van der Waals surface area contributed by atoms with Crippen LogP contribution in [0.5, 0.6) is 0 Å². The summed E-state index contributed by atoms with van der Waals surface area (Å²) in [7, 11) is 1.24. The molecule has 1 aromatic heterocycles. The number of nitrogen functional groups attached to an aromatic ring is 1. The first-order valence-electron chi connectivity index (χ1n) is 3.03. The molecule has 66 valence electrons. The van der Waals surface area contributed by atoms with E-state index in [0.29, 0.717) is 0 Å². The van der Waals surface area contributed by atoms with Crippen LogP contribution in [0.2, 0.25) is 0 Å². The Hall–Kier alpha value is -1.37. The van der Waals surface area contributed by atoms with Crippen LogP contribution in [0.15, 0.2) is 4.79 Å². The van der Waals surface area contributed by atoms with E-state index in [-0.39, 0.29) is 16.5 Å². The number of carbonyl (C=O) groups excluding carboxylic acids is 1. The second-order valence-corrected chi connectivity index (χ2v) is 2.91. The van der Waals surface area contributed by atoms with Gasteiger partial charge in [0, 0.05) is 0 Å². The van der Waals surface area contributed by atoms with Gasteiger partial charge in [-0.05, 0) is 11.3 Å². The number of aromatic nitrogens is 2.